The van der Waals surface area contributed by atoms with Gasteiger partial charge >= 0.3 is 0 Å². The van der Waals surface area contributed by atoms with Gasteiger partial charge < -0.3 is 5.73 Å². The van der Waals surface area contributed by atoms with Gasteiger partial charge in [0.2, 0.25) is 11.9 Å². The van der Waals surface area contributed by atoms with Gasteiger partial charge in [0.15, 0.2) is 0 Å². The predicted octanol–water partition coefficient (Wildman–Crippen LogP) is 1.31. The van der Waals surface area contributed by atoms with E-state index in [0.29, 0.717) is 0 Å². The highest BCUT2D eigenvalue weighted by Gasteiger charge is 2.14. The Morgan fingerprint density at radius 2 is 1.84 bits per heavy atom. The third-order valence-electron chi connectivity index (χ3n) is 3.04. The largest absolute Gasteiger partial charge is 0.327 e. The van der Waals surface area contributed by atoms with E-state index in [4.69, 9.17) is 5.73 Å². The molecule has 0 aliphatic heterocycles. The van der Waals surface area contributed by atoms with Crippen molar-refractivity contribution in [2.75, 3.05) is 5.32 Å². The fourth-order valence-electron chi connectivity index (χ4n) is 1.62. The van der Waals surface area contributed by atoms with Crippen LogP contribution in [0.4, 0.5) is 5.95 Å². The van der Waals surface area contributed by atoms with Crippen LogP contribution >= 0.6 is 0 Å². The third-order valence-corrected chi connectivity index (χ3v) is 3.04. The van der Waals surface area contributed by atoms with Gasteiger partial charge in [0, 0.05) is 12.5 Å². The number of rotatable bonds is 6. The van der Waals surface area contributed by atoms with Crippen molar-refractivity contribution in [1.29, 1.82) is 0 Å². The Bertz CT molecular complexity index is 433. The minimum Gasteiger partial charge on any atom is -0.327 e. The van der Waals surface area contributed by atoms with Crippen molar-refractivity contribution in [2.24, 2.45) is 11.7 Å². The summed E-state index contributed by atoms with van der Waals surface area (Å²) >= 11 is 0. The Labute approximate surface area is 114 Å². The van der Waals surface area contributed by atoms with E-state index in [1.165, 1.54) is 0 Å². The third kappa shape index (κ3) is 4.55. The number of carbonyl (C=O) groups excluding carboxylic acids is 1. The second-order valence-corrected chi connectivity index (χ2v) is 4.90. The lowest BCUT2D eigenvalue weighted by molar-refractivity contribution is -0.116. The second kappa shape index (κ2) is 7.13. The monoisotopic (exact) mass is 265 g/mol. The summed E-state index contributed by atoms with van der Waals surface area (Å²) in [5, 5.41) is 10.6. The maximum atomic E-state index is 11.8. The van der Waals surface area contributed by atoms with Crippen LogP contribution in [0.1, 0.15) is 45.5 Å². The van der Waals surface area contributed by atoms with Crippen LogP contribution in [0.2, 0.25) is 0 Å². The molecular formula is C13H23N5O. The molecular weight excluding hydrogens is 242 g/mol. The summed E-state index contributed by atoms with van der Waals surface area (Å²) in [6.45, 7) is 7.98. The number of aryl methyl sites for hydroxylation is 2. The van der Waals surface area contributed by atoms with Crippen LogP contribution in [0.15, 0.2) is 0 Å². The van der Waals surface area contributed by atoms with Gasteiger partial charge in [-0.3, -0.25) is 10.1 Å². The first kappa shape index (κ1) is 15.5. The van der Waals surface area contributed by atoms with Crippen molar-refractivity contribution in [1.82, 2.24) is 15.2 Å². The molecule has 1 rings (SSSR count). The van der Waals surface area contributed by atoms with E-state index >= 15 is 0 Å². The Morgan fingerprint density at radius 1 is 1.21 bits per heavy atom. The molecule has 0 aromatic carbocycles. The summed E-state index contributed by atoms with van der Waals surface area (Å²) in [7, 11) is 0. The minimum atomic E-state index is -0.172. The van der Waals surface area contributed by atoms with Crippen LogP contribution in [0.25, 0.3) is 0 Å². The smallest absolute Gasteiger partial charge is 0.249 e. The number of carbonyl (C=O) groups is 1. The van der Waals surface area contributed by atoms with Gasteiger partial charge in [0.25, 0.3) is 0 Å². The average Bonchev–Trinajstić information content (AvgIpc) is 2.38. The summed E-state index contributed by atoms with van der Waals surface area (Å²) in [6.07, 6.45) is 1.82. The fourth-order valence-corrected chi connectivity index (χ4v) is 1.62. The van der Waals surface area contributed by atoms with E-state index in [-0.39, 0.29) is 30.2 Å². The SMILES string of the molecule is CCc1nnc(NC(=O)CC(N)C(C)C)nc1CC. The number of nitrogens with one attached hydrogen (secondary N) is 1. The van der Waals surface area contributed by atoms with Gasteiger partial charge in [-0.1, -0.05) is 27.7 Å². The van der Waals surface area contributed by atoms with Crippen LogP contribution in [0.3, 0.4) is 0 Å². The Hall–Kier alpha value is -1.56. The first-order valence-electron chi connectivity index (χ1n) is 6.75. The van der Waals surface area contributed by atoms with Crippen LogP contribution in [-0.4, -0.2) is 27.1 Å². The zero-order valence-corrected chi connectivity index (χ0v) is 12.1. The van der Waals surface area contributed by atoms with Gasteiger partial charge in [0.05, 0.1) is 11.4 Å². The standard InChI is InChI=1S/C13H23N5O/c1-5-10-11(6-2)17-18-13(15-10)16-12(19)7-9(14)8(3)4/h8-9H,5-7,14H2,1-4H3,(H,15,16,18,19). The van der Waals surface area contributed by atoms with E-state index in [1.807, 2.05) is 27.7 Å². The highest BCUT2D eigenvalue weighted by molar-refractivity contribution is 5.89. The van der Waals surface area contributed by atoms with E-state index in [0.717, 1.165) is 24.2 Å². The molecule has 1 amide bonds. The van der Waals surface area contributed by atoms with Crippen molar-refractivity contribution in [2.45, 2.75) is 53.0 Å². The van der Waals surface area contributed by atoms with E-state index in [9.17, 15) is 4.79 Å². The van der Waals surface area contributed by atoms with Crippen molar-refractivity contribution >= 4 is 11.9 Å². The minimum absolute atomic E-state index is 0.159. The summed E-state index contributed by atoms with van der Waals surface area (Å²) in [4.78, 5) is 16.1. The number of aromatic nitrogens is 3. The first-order valence-corrected chi connectivity index (χ1v) is 6.75. The summed E-state index contributed by atoms with van der Waals surface area (Å²) in [5.74, 6) is 0.350. The van der Waals surface area contributed by atoms with E-state index < -0.39 is 0 Å². The highest BCUT2D eigenvalue weighted by atomic mass is 16.1. The van der Waals surface area contributed by atoms with Crippen molar-refractivity contribution in [3.05, 3.63) is 11.4 Å². The van der Waals surface area contributed by atoms with Crippen molar-refractivity contribution < 1.29 is 4.79 Å². The maximum Gasteiger partial charge on any atom is 0.249 e. The number of nitrogens with two attached hydrogens (primary N) is 1. The summed E-state index contributed by atoms with van der Waals surface area (Å²) < 4.78 is 0. The molecule has 6 heteroatoms. The lowest BCUT2D eigenvalue weighted by Crippen LogP contribution is -2.32. The van der Waals surface area contributed by atoms with E-state index in [1.54, 1.807) is 0 Å². The Kier molecular flexibility index (Phi) is 5.82. The highest BCUT2D eigenvalue weighted by Crippen LogP contribution is 2.08. The zero-order valence-electron chi connectivity index (χ0n) is 12.1. The lowest BCUT2D eigenvalue weighted by atomic mass is 10.0. The lowest BCUT2D eigenvalue weighted by Gasteiger charge is -2.14. The molecule has 0 bridgehead atoms. The first-order chi connectivity index (χ1) is 8.97. The molecule has 6 nitrogen and oxygen atoms in total. The van der Waals surface area contributed by atoms with Gasteiger partial charge in [-0.2, -0.15) is 0 Å². The van der Waals surface area contributed by atoms with Crippen LogP contribution in [0, 0.1) is 5.92 Å². The summed E-state index contributed by atoms with van der Waals surface area (Å²) in [5.41, 5.74) is 7.61. The number of nitrogens with zero attached hydrogens (tertiary/aromatic N) is 3. The van der Waals surface area contributed by atoms with Crippen LogP contribution in [0.5, 0.6) is 0 Å². The predicted molar refractivity (Wildman–Crippen MR) is 74.6 cm³/mol. The normalized spacial score (nSPS) is 12.5. The second-order valence-electron chi connectivity index (χ2n) is 4.90. The molecule has 3 N–H and O–H groups in total. The molecule has 0 saturated carbocycles. The average molecular weight is 265 g/mol. The number of hydrogen-bond acceptors (Lipinski definition) is 5. The molecule has 0 aliphatic carbocycles. The molecule has 1 aromatic heterocycles. The molecule has 106 valence electrons. The van der Waals surface area contributed by atoms with Crippen LogP contribution in [-0.2, 0) is 17.6 Å². The molecule has 0 fully saturated rings. The molecule has 19 heavy (non-hydrogen) atoms. The maximum absolute atomic E-state index is 11.8. The fraction of sp³-hybridized carbons (Fsp3) is 0.692. The summed E-state index contributed by atoms with van der Waals surface area (Å²) in [6, 6.07) is -0.159. The molecule has 0 radical (unpaired) electrons. The molecule has 0 aliphatic rings. The van der Waals surface area contributed by atoms with E-state index in [2.05, 4.69) is 20.5 Å². The zero-order chi connectivity index (χ0) is 14.4. The number of hydrogen-bond donors (Lipinski definition) is 2. The molecule has 0 spiro atoms. The Balaban J connectivity index is 2.69. The van der Waals surface area contributed by atoms with Gasteiger partial charge in [-0.15, -0.1) is 10.2 Å². The molecule has 1 heterocycles. The quantitative estimate of drug-likeness (QED) is 0.808. The molecule has 1 aromatic rings. The number of anilines is 1. The topological polar surface area (TPSA) is 93.8 Å². The molecule has 1 unspecified atom stereocenters. The van der Waals surface area contributed by atoms with Crippen LogP contribution < -0.4 is 11.1 Å². The van der Waals surface area contributed by atoms with Gasteiger partial charge in [-0.05, 0) is 18.8 Å². The number of amides is 1. The van der Waals surface area contributed by atoms with Crippen molar-refractivity contribution in [3.8, 4) is 0 Å². The van der Waals surface area contributed by atoms with Gasteiger partial charge in [0.1, 0.15) is 0 Å². The van der Waals surface area contributed by atoms with Crippen molar-refractivity contribution in [3.63, 3.8) is 0 Å². The molecule has 0 saturated heterocycles. The molecule has 1 atom stereocenters. The Morgan fingerprint density at radius 3 is 2.37 bits per heavy atom. The van der Waals surface area contributed by atoms with Gasteiger partial charge in [-0.25, -0.2) is 4.98 Å².